The molecule has 84 valence electrons. The molecule has 5 heteroatoms. The van der Waals surface area contributed by atoms with Crippen molar-refractivity contribution in [1.82, 2.24) is 4.98 Å². The molecule has 1 N–H and O–H groups in total. The van der Waals surface area contributed by atoms with E-state index in [9.17, 15) is 0 Å². The van der Waals surface area contributed by atoms with E-state index in [1.165, 1.54) is 24.2 Å². The predicted molar refractivity (Wildman–Crippen MR) is 63.7 cm³/mol. The van der Waals surface area contributed by atoms with E-state index < -0.39 is 0 Å². The number of thiazole rings is 1. The minimum atomic E-state index is -0.0128. The maximum absolute atomic E-state index is 9.07. The van der Waals surface area contributed by atoms with Crippen LogP contribution in [0.2, 0.25) is 5.15 Å². The van der Waals surface area contributed by atoms with Crippen LogP contribution >= 0.6 is 22.9 Å². The highest BCUT2D eigenvalue weighted by atomic mass is 35.5. The van der Waals surface area contributed by atoms with Crippen molar-refractivity contribution in [1.29, 1.82) is 0 Å². The molecule has 2 rings (SSSR count). The van der Waals surface area contributed by atoms with Crippen molar-refractivity contribution in [3.05, 3.63) is 10.0 Å². The highest BCUT2D eigenvalue weighted by Crippen LogP contribution is 2.36. The first-order chi connectivity index (χ1) is 7.26. The smallest absolute Gasteiger partial charge is 0.187 e. The summed E-state index contributed by atoms with van der Waals surface area (Å²) < 4.78 is 0. The van der Waals surface area contributed by atoms with Crippen molar-refractivity contribution < 1.29 is 5.11 Å². The van der Waals surface area contributed by atoms with Gasteiger partial charge in [-0.1, -0.05) is 29.9 Å². The van der Waals surface area contributed by atoms with Crippen LogP contribution in [0.3, 0.4) is 0 Å². The highest BCUT2D eigenvalue weighted by Gasteiger charge is 2.30. The molecule has 0 atom stereocenters. The van der Waals surface area contributed by atoms with Crippen molar-refractivity contribution >= 4 is 28.1 Å². The minimum absolute atomic E-state index is 0.0128. The maximum atomic E-state index is 9.07. The first kappa shape index (κ1) is 11.2. The average Bonchev–Trinajstić information content (AvgIpc) is 2.99. The number of anilines is 1. The van der Waals surface area contributed by atoms with Crippen LogP contribution in [0.5, 0.6) is 0 Å². The Hall–Kier alpha value is -0.320. The fourth-order valence-corrected chi connectivity index (χ4v) is 2.82. The van der Waals surface area contributed by atoms with Crippen molar-refractivity contribution in [3.8, 4) is 0 Å². The molecule has 0 radical (unpaired) electrons. The third-order valence-corrected chi connectivity index (χ3v) is 3.98. The van der Waals surface area contributed by atoms with Gasteiger partial charge in [0.25, 0.3) is 0 Å². The zero-order valence-corrected chi connectivity index (χ0v) is 10.3. The number of hydrogen-bond acceptors (Lipinski definition) is 4. The van der Waals surface area contributed by atoms with Gasteiger partial charge in [0.15, 0.2) is 5.13 Å². The van der Waals surface area contributed by atoms with Gasteiger partial charge >= 0.3 is 0 Å². The lowest BCUT2D eigenvalue weighted by atomic mass is 10.4. The fourth-order valence-electron chi connectivity index (χ4n) is 1.60. The average molecular weight is 247 g/mol. The Kier molecular flexibility index (Phi) is 3.49. The lowest BCUT2D eigenvalue weighted by molar-refractivity contribution is 0.285. The summed E-state index contributed by atoms with van der Waals surface area (Å²) in [6.45, 7) is 3.18. The Balaban J connectivity index is 2.17. The molecule has 0 aliphatic heterocycles. The lowest BCUT2D eigenvalue weighted by Gasteiger charge is -2.20. The Bertz CT molecular complexity index is 338. The normalized spacial score (nSPS) is 15.7. The zero-order valence-electron chi connectivity index (χ0n) is 8.74. The molecule has 0 unspecified atom stereocenters. The van der Waals surface area contributed by atoms with Gasteiger partial charge in [-0.2, -0.15) is 0 Å². The summed E-state index contributed by atoms with van der Waals surface area (Å²) in [5.41, 5.74) is 0. The Morgan fingerprint density at radius 3 is 2.80 bits per heavy atom. The predicted octanol–water partition coefficient (Wildman–Crippen LogP) is 2.67. The van der Waals surface area contributed by atoms with Crippen LogP contribution in [-0.2, 0) is 6.61 Å². The molecule has 3 nitrogen and oxygen atoms in total. The number of nitrogens with zero attached hydrogens (tertiary/aromatic N) is 2. The van der Waals surface area contributed by atoms with E-state index in [1.807, 2.05) is 0 Å². The standard InChI is InChI=1S/C10H15ClN2OS/c1-2-5-13(7-3-4-7)10-12-9(11)8(6-14)15-10/h7,14H,2-6H2,1H3. The summed E-state index contributed by atoms with van der Waals surface area (Å²) in [4.78, 5) is 7.40. The first-order valence-corrected chi connectivity index (χ1v) is 6.48. The van der Waals surface area contributed by atoms with E-state index in [1.54, 1.807) is 0 Å². The topological polar surface area (TPSA) is 36.4 Å². The summed E-state index contributed by atoms with van der Waals surface area (Å²) in [6, 6.07) is 0.652. The summed E-state index contributed by atoms with van der Waals surface area (Å²) in [7, 11) is 0. The van der Waals surface area contributed by atoms with Crippen molar-refractivity contribution in [2.24, 2.45) is 0 Å². The fraction of sp³-hybridized carbons (Fsp3) is 0.700. The van der Waals surface area contributed by atoms with Crippen LogP contribution < -0.4 is 4.90 Å². The van der Waals surface area contributed by atoms with Crippen LogP contribution in [0.4, 0.5) is 5.13 Å². The van der Waals surface area contributed by atoms with Gasteiger partial charge in [0.1, 0.15) is 5.15 Å². The number of rotatable bonds is 5. The van der Waals surface area contributed by atoms with E-state index in [2.05, 4.69) is 16.8 Å². The SMILES string of the molecule is CCCN(c1nc(Cl)c(CO)s1)C1CC1. The molecule has 0 spiro atoms. The third-order valence-electron chi connectivity index (χ3n) is 2.48. The second kappa shape index (κ2) is 4.68. The third kappa shape index (κ3) is 2.44. The van der Waals surface area contributed by atoms with E-state index in [-0.39, 0.29) is 6.61 Å². The van der Waals surface area contributed by atoms with Gasteiger partial charge in [-0.05, 0) is 19.3 Å². The van der Waals surface area contributed by atoms with Gasteiger partial charge in [-0.15, -0.1) is 0 Å². The molecule has 0 saturated heterocycles. The molecule has 0 aromatic carbocycles. The number of hydrogen-bond donors (Lipinski definition) is 1. The van der Waals surface area contributed by atoms with E-state index in [4.69, 9.17) is 16.7 Å². The molecule has 0 bridgehead atoms. The molecular formula is C10H15ClN2OS. The molecule has 1 heterocycles. The Labute approximate surface area is 98.7 Å². The van der Waals surface area contributed by atoms with Crippen molar-refractivity contribution in [2.45, 2.75) is 38.8 Å². The maximum Gasteiger partial charge on any atom is 0.187 e. The van der Waals surface area contributed by atoms with E-state index in [0.29, 0.717) is 11.2 Å². The Morgan fingerprint density at radius 2 is 2.33 bits per heavy atom. The van der Waals surface area contributed by atoms with Crippen LogP contribution in [-0.4, -0.2) is 22.7 Å². The second-order valence-electron chi connectivity index (χ2n) is 3.79. The van der Waals surface area contributed by atoms with Gasteiger partial charge in [0, 0.05) is 12.6 Å². The van der Waals surface area contributed by atoms with Crippen LogP contribution in [0.15, 0.2) is 0 Å². The minimum Gasteiger partial charge on any atom is -0.391 e. The van der Waals surface area contributed by atoms with Gasteiger partial charge in [-0.3, -0.25) is 0 Å². The van der Waals surface area contributed by atoms with E-state index >= 15 is 0 Å². The van der Waals surface area contributed by atoms with Gasteiger partial charge in [-0.25, -0.2) is 4.98 Å². The monoisotopic (exact) mass is 246 g/mol. The molecule has 1 saturated carbocycles. The molecular weight excluding hydrogens is 232 g/mol. The molecule has 1 aromatic heterocycles. The van der Waals surface area contributed by atoms with Crippen LogP contribution in [0.25, 0.3) is 0 Å². The summed E-state index contributed by atoms with van der Waals surface area (Å²) >= 11 is 7.44. The molecule has 15 heavy (non-hydrogen) atoms. The zero-order chi connectivity index (χ0) is 10.8. The van der Waals surface area contributed by atoms with Crippen LogP contribution in [0.1, 0.15) is 31.1 Å². The lowest BCUT2D eigenvalue weighted by Crippen LogP contribution is -2.26. The summed E-state index contributed by atoms with van der Waals surface area (Å²) in [5.74, 6) is 0. The molecule has 1 aliphatic carbocycles. The van der Waals surface area contributed by atoms with Gasteiger partial charge in [0.2, 0.25) is 0 Å². The second-order valence-corrected chi connectivity index (χ2v) is 5.21. The van der Waals surface area contributed by atoms with Crippen molar-refractivity contribution in [3.63, 3.8) is 0 Å². The van der Waals surface area contributed by atoms with Gasteiger partial charge in [0.05, 0.1) is 11.5 Å². The van der Waals surface area contributed by atoms with Gasteiger partial charge < -0.3 is 10.0 Å². The van der Waals surface area contributed by atoms with E-state index in [0.717, 1.165) is 23.0 Å². The molecule has 1 aliphatic rings. The number of aromatic nitrogens is 1. The molecule has 0 amide bonds. The van der Waals surface area contributed by atoms with Crippen molar-refractivity contribution in [2.75, 3.05) is 11.4 Å². The molecule has 1 fully saturated rings. The Morgan fingerprint density at radius 1 is 1.60 bits per heavy atom. The quantitative estimate of drug-likeness (QED) is 0.868. The highest BCUT2D eigenvalue weighted by molar-refractivity contribution is 7.16. The number of halogens is 1. The molecule has 1 aromatic rings. The van der Waals surface area contributed by atoms with Crippen LogP contribution in [0, 0.1) is 0 Å². The summed E-state index contributed by atoms with van der Waals surface area (Å²) in [6.07, 6.45) is 3.62. The number of aliphatic hydroxyl groups excluding tert-OH is 1. The number of aliphatic hydroxyl groups is 1. The summed E-state index contributed by atoms with van der Waals surface area (Å²) in [5, 5.41) is 10.5. The largest absolute Gasteiger partial charge is 0.391 e. The first-order valence-electron chi connectivity index (χ1n) is 5.29.